The molecule has 0 atom stereocenters. The predicted octanol–water partition coefficient (Wildman–Crippen LogP) is 0.732. The highest BCUT2D eigenvalue weighted by Gasteiger charge is 2.06. The summed E-state index contributed by atoms with van der Waals surface area (Å²) in [5.41, 5.74) is 0.257. The van der Waals surface area contributed by atoms with Crippen LogP contribution in [0.1, 0.15) is 13.8 Å². The number of hydroxylamine groups is 2. The highest BCUT2D eigenvalue weighted by Crippen LogP contribution is 1.93. The van der Waals surface area contributed by atoms with Crippen LogP contribution in [-0.2, 0) is 9.63 Å². The molecule has 58 valence electrons. The van der Waals surface area contributed by atoms with Crippen molar-refractivity contribution >= 4 is 5.97 Å². The second-order valence-electron chi connectivity index (χ2n) is 1.83. The normalized spacial score (nSPS) is 9.60. The molecule has 0 rings (SSSR count). The first-order valence-corrected chi connectivity index (χ1v) is 2.92. The number of hydrogen-bond acceptors (Lipinski definition) is 4. The molecular formula is C6H11NO3. The average Bonchev–Trinajstić information content (AvgIpc) is 1.87. The van der Waals surface area contributed by atoms with Gasteiger partial charge in [0.2, 0.25) is 0 Å². The molecule has 0 saturated carbocycles. The van der Waals surface area contributed by atoms with Crippen LogP contribution in [0.5, 0.6) is 0 Å². The third-order valence-corrected chi connectivity index (χ3v) is 0.807. The Morgan fingerprint density at radius 2 is 2.30 bits per heavy atom. The van der Waals surface area contributed by atoms with Crippen molar-refractivity contribution in [3.8, 4) is 0 Å². The molecule has 0 fully saturated rings. The van der Waals surface area contributed by atoms with E-state index in [-0.39, 0.29) is 12.1 Å². The molecule has 0 spiro atoms. The fourth-order valence-electron chi connectivity index (χ4n) is 0.238. The van der Waals surface area contributed by atoms with Crippen molar-refractivity contribution in [2.24, 2.45) is 0 Å². The van der Waals surface area contributed by atoms with Gasteiger partial charge >= 0.3 is 5.97 Å². The topological polar surface area (TPSA) is 49.8 Å². The lowest BCUT2D eigenvalue weighted by molar-refractivity contribution is -0.312. The second kappa shape index (κ2) is 4.03. The van der Waals surface area contributed by atoms with E-state index in [4.69, 9.17) is 5.21 Å². The fourth-order valence-corrected chi connectivity index (χ4v) is 0.238. The van der Waals surface area contributed by atoms with Gasteiger partial charge in [-0.25, -0.2) is 4.79 Å². The molecule has 1 N–H and O–H groups in total. The number of carbonyl (C=O) groups is 1. The molecule has 0 aliphatic carbocycles. The molecule has 0 aromatic rings. The molecule has 0 radical (unpaired) electrons. The minimum absolute atomic E-state index is 0.235. The third kappa shape index (κ3) is 3.21. The zero-order chi connectivity index (χ0) is 8.15. The molecule has 0 bridgehead atoms. The average molecular weight is 145 g/mol. The largest absolute Gasteiger partial charge is 0.354 e. The Balaban J connectivity index is 3.68. The van der Waals surface area contributed by atoms with Crippen molar-refractivity contribution in [3.05, 3.63) is 12.2 Å². The Labute approximate surface area is 59.6 Å². The summed E-state index contributed by atoms with van der Waals surface area (Å²) >= 11 is 0. The van der Waals surface area contributed by atoms with Crippen LogP contribution in [0.2, 0.25) is 0 Å². The number of rotatable bonds is 3. The molecule has 10 heavy (non-hydrogen) atoms. The minimum Gasteiger partial charge on any atom is -0.338 e. The minimum atomic E-state index is -0.621. The van der Waals surface area contributed by atoms with Gasteiger partial charge in [-0.05, 0) is 19.1 Å². The van der Waals surface area contributed by atoms with Crippen molar-refractivity contribution in [1.82, 2.24) is 5.23 Å². The third-order valence-electron chi connectivity index (χ3n) is 0.807. The van der Waals surface area contributed by atoms with E-state index < -0.39 is 5.97 Å². The fraction of sp³-hybridized carbons (Fsp3) is 0.500. The Bertz CT molecular complexity index is 144. The smallest absolute Gasteiger partial charge is 0.338 e. The first-order chi connectivity index (χ1) is 4.57. The molecule has 0 heterocycles. The van der Waals surface area contributed by atoms with E-state index in [9.17, 15) is 4.79 Å². The van der Waals surface area contributed by atoms with Crippen LogP contribution in [0.4, 0.5) is 0 Å². The van der Waals surface area contributed by atoms with Crippen LogP contribution in [0.15, 0.2) is 12.2 Å². The van der Waals surface area contributed by atoms with Crippen LogP contribution in [-0.4, -0.2) is 22.9 Å². The Morgan fingerprint density at radius 3 is 2.60 bits per heavy atom. The van der Waals surface area contributed by atoms with Gasteiger partial charge in [-0.2, -0.15) is 0 Å². The van der Waals surface area contributed by atoms with Crippen LogP contribution in [0.3, 0.4) is 0 Å². The molecule has 0 aromatic carbocycles. The Morgan fingerprint density at radius 1 is 1.80 bits per heavy atom. The Kier molecular flexibility index (Phi) is 3.68. The van der Waals surface area contributed by atoms with Gasteiger partial charge in [0.15, 0.2) is 0 Å². The van der Waals surface area contributed by atoms with E-state index in [2.05, 4.69) is 11.4 Å². The number of hydrogen-bond donors (Lipinski definition) is 1. The number of carbonyl (C=O) groups excluding carboxylic acids is 1. The van der Waals surface area contributed by atoms with Crippen molar-refractivity contribution in [2.75, 3.05) is 6.54 Å². The van der Waals surface area contributed by atoms with Crippen molar-refractivity contribution in [3.63, 3.8) is 0 Å². The molecule has 0 saturated heterocycles. The van der Waals surface area contributed by atoms with Crippen molar-refractivity contribution in [2.45, 2.75) is 13.8 Å². The summed E-state index contributed by atoms with van der Waals surface area (Å²) in [6.45, 7) is 6.72. The van der Waals surface area contributed by atoms with Crippen LogP contribution in [0.25, 0.3) is 0 Å². The monoisotopic (exact) mass is 145 g/mol. The SMILES string of the molecule is C=C(C)C(=O)ON(O)CC. The first kappa shape index (κ1) is 9.13. The van der Waals surface area contributed by atoms with Gasteiger partial charge in [0.1, 0.15) is 0 Å². The van der Waals surface area contributed by atoms with E-state index >= 15 is 0 Å². The van der Waals surface area contributed by atoms with Gasteiger partial charge in [-0.3, -0.25) is 5.21 Å². The van der Waals surface area contributed by atoms with Gasteiger partial charge in [0, 0.05) is 5.57 Å². The molecule has 4 heteroatoms. The Hall–Kier alpha value is -0.870. The van der Waals surface area contributed by atoms with Crippen LogP contribution in [0, 0.1) is 0 Å². The lowest BCUT2D eigenvalue weighted by atomic mass is 10.4. The molecule has 0 amide bonds. The maximum atomic E-state index is 10.6. The molecule has 0 aromatic heterocycles. The predicted molar refractivity (Wildman–Crippen MR) is 35.1 cm³/mol. The van der Waals surface area contributed by atoms with E-state index in [0.29, 0.717) is 5.23 Å². The first-order valence-electron chi connectivity index (χ1n) is 2.92. The molecule has 0 aliphatic heterocycles. The standard InChI is InChI=1S/C6H11NO3/c1-4-7(9)10-6(8)5(2)3/h9H,2,4H2,1,3H3. The highest BCUT2D eigenvalue weighted by atomic mass is 16.9. The van der Waals surface area contributed by atoms with Gasteiger partial charge in [0.25, 0.3) is 0 Å². The molecule has 4 nitrogen and oxygen atoms in total. The van der Waals surface area contributed by atoms with Crippen LogP contribution >= 0.6 is 0 Å². The van der Waals surface area contributed by atoms with Gasteiger partial charge in [-0.15, -0.1) is 0 Å². The van der Waals surface area contributed by atoms with E-state index in [1.807, 2.05) is 0 Å². The molecule has 0 unspecified atom stereocenters. The summed E-state index contributed by atoms with van der Waals surface area (Å²) < 4.78 is 0. The summed E-state index contributed by atoms with van der Waals surface area (Å²) in [5.74, 6) is -0.621. The maximum Gasteiger partial charge on any atom is 0.354 e. The lowest BCUT2D eigenvalue weighted by Crippen LogP contribution is -2.23. The van der Waals surface area contributed by atoms with E-state index in [1.54, 1.807) is 6.92 Å². The van der Waals surface area contributed by atoms with Crippen LogP contribution < -0.4 is 0 Å². The highest BCUT2D eigenvalue weighted by molar-refractivity contribution is 5.86. The van der Waals surface area contributed by atoms with Gasteiger partial charge < -0.3 is 4.84 Å². The van der Waals surface area contributed by atoms with Crippen molar-refractivity contribution < 1.29 is 14.8 Å². The maximum absolute atomic E-state index is 10.6. The zero-order valence-corrected chi connectivity index (χ0v) is 6.13. The summed E-state index contributed by atoms with van der Waals surface area (Å²) in [6, 6.07) is 0. The summed E-state index contributed by atoms with van der Waals surface area (Å²) in [5, 5.41) is 9.08. The molecule has 0 aliphatic rings. The van der Waals surface area contributed by atoms with Gasteiger partial charge in [-0.1, -0.05) is 6.58 Å². The summed E-state index contributed by atoms with van der Waals surface area (Å²) in [7, 11) is 0. The van der Waals surface area contributed by atoms with Gasteiger partial charge in [0.05, 0.1) is 6.54 Å². The summed E-state index contributed by atoms with van der Waals surface area (Å²) in [4.78, 5) is 14.9. The van der Waals surface area contributed by atoms with Crippen molar-refractivity contribution in [1.29, 1.82) is 0 Å². The summed E-state index contributed by atoms with van der Waals surface area (Å²) in [6.07, 6.45) is 0. The zero-order valence-electron chi connectivity index (χ0n) is 6.13. The second-order valence-corrected chi connectivity index (χ2v) is 1.83. The lowest BCUT2D eigenvalue weighted by Gasteiger charge is -2.10. The van der Waals surface area contributed by atoms with E-state index in [0.717, 1.165) is 0 Å². The number of nitrogens with zero attached hydrogens (tertiary/aromatic N) is 1. The van der Waals surface area contributed by atoms with E-state index in [1.165, 1.54) is 6.92 Å². The quantitative estimate of drug-likeness (QED) is 0.470. The molecular weight excluding hydrogens is 134 g/mol.